The van der Waals surface area contributed by atoms with Gasteiger partial charge < -0.3 is 15.6 Å². The number of guanidine groups is 1. The first-order chi connectivity index (χ1) is 13.4. The SMILES string of the molecule is CN=C(NCCc1nc(C(C)(C)C)cs1)NCCc1c[nH]c2ccc(F)cc12. The number of halogens is 1. The molecule has 28 heavy (non-hydrogen) atoms. The summed E-state index contributed by atoms with van der Waals surface area (Å²) in [7, 11) is 1.76. The predicted molar refractivity (Wildman–Crippen MR) is 116 cm³/mol. The Bertz CT molecular complexity index is 951. The molecule has 0 aliphatic heterocycles. The van der Waals surface area contributed by atoms with E-state index in [1.165, 1.54) is 6.07 Å². The van der Waals surface area contributed by atoms with Crippen molar-refractivity contribution in [3.63, 3.8) is 0 Å². The molecule has 0 spiro atoms. The van der Waals surface area contributed by atoms with Crippen LogP contribution >= 0.6 is 11.3 Å². The van der Waals surface area contributed by atoms with Crippen molar-refractivity contribution in [1.82, 2.24) is 20.6 Å². The number of aromatic nitrogens is 2. The van der Waals surface area contributed by atoms with Gasteiger partial charge in [-0.05, 0) is 30.2 Å². The van der Waals surface area contributed by atoms with Crippen molar-refractivity contribution in [1.29, 1.82) is 0 Å². The van der Waals surface area contributed by atoms with Crippen LogP contribution in [0.3, 0.4) is 0 Å². The third kappa shape index (κ3) is 5.10. The largest absolute Gasteiger partial charge is 0.361 e. The molecule has 0 fully saturated rings. The monoisotopic (exact) mass is 401 g/mol. The van der Waals surface area contributed by atoms with Gasteiger partial charge in [0.1, 0.15) is 5.82 Å². The minimum atomic E-state index is -0.212. The van der Waals surface area contributed by atoms with Crippen LogP contribution in [0.1, 0.15) is 37.0 Å². The van der Waals surface area contributed by atoms with Crippen molar-refractivity contribution in [3.8, 4) is 0 Å². The average Bonchev–Trinajstić information content (AvgIpc) is 3.27. The summed E-state index contributed by atoms with van der Waals surface area (Å²) in [5, 5.41) is 10.9. The van der Waals surface area contributed by atoms with Crippen molar-refractivity contribution >= 4 is 28.2 Å². The normalized spacial score (nSPS) is 12.5. The Morgan fingerprint density at radius 1 is 1.21 bits per heavy atom. The molecule has 3 aromatic rings. The van der Waals surface area contributed by atoms with E-state index in [1.807, 2.05) is 6.20 Å². The van der Waals surface area contributed by atoms with Gasteiger partial charge >= 0.3 is 0 Å². The van der Waals surface area contributed by atoms with Crippen LogP contribution in [0.15, 0.2) is 34.8 Å². The van der Waals surface area contributed by atoms with Crippen LogP contribution in [0.25, 0.3) is 10.9 Å². The maximum absolute atomic E-state index is 13.5. The molecule has 0 saturated heterocycles. The number of rotatable bonds is 6. The second-order valence-corrected chi connectivity index (χ2v) is 8.75. The number of hydrogen-bond donors (Lipinski definition) is 3. The van der Waals surface area contributed by atoms with Crippen molar-refractivity contribution in [2.75, 3.05) is 20.1 Å². The minimum Gasteiger partial charge on any atom is -0.361 e. The van der Waals surface area contributed by atoms with Gasteiger partial charge in [0.15, 0.2) is 5.96 Å². The zero-order chi connectivity index (χ0) is 20.1. The topological polar surface area (TPSA) is 65.1 Å². The number of benzene rings is 1. The first kappa shape index (κ1) is 20.3. The molecular weight excluding hydrogens is 373 g/mol. The summed E-state index contributed by atoms with van der Waals surface area (Å²) in [6.45, 7) is 8.03. The van der Waals surface area contributed by atoms with E-state index in [2.05, 4.69) is 46.8 Å². The number of aliphatic imine (C=N–C) groups is 1. The first-order valence-electron chi connectivity index (χ1n) is 9.52. The molecule has 1 aromatic carbocycles. The lowest BCUT2D eigenvalue weighted by Gasteiger charge is -2.14. The van der Waals surface area contributed by atoms with Gasteiger partial charge in [0.05, 0.1) is 10.7 Å². The van der Waals surface area contributed by atoms with Gasteiger partial charge in [0.2, 0.25) is 0 Å². The molecule has 2 aromatic heterocycles. The number of nitrogens with zero attached hydrogens (tertiary/aromatic N) is 2. The smallest absolute Gasteiger partial charge is 0.191 e. The third-order valence-electron chi connectivity index (χ3n) is 4.59. The lowest BCUT2D eigenvalue weighted by Crippen LogP contribution is -2.39. The van der Waals surface area contributed by atoms with Crippen LogP contribution in [-0.4, -0.2) is 36.1 Å². The van der Waals surface area contributed by atoms with Gasteiger partial charge in [-0.1, -0.05) is 20.8 Å². The Kier molecular flexibility index (Phi) is 6.34. The van der Waals surface area contributed by atoms with Crippen molar-refractivity contribution < 1.29 is 4.39 Å². The molecule has 0 aliphatic carbocycles. The Morgan fingerprint density at radius 3 is 2.64 bits per heavy atom. The Balaban J connectivity index is 1.46. The van der Waals surface area contributed by atoms with Crippen LogP contribution in [0.4, 0.5) is 4.39 Å². The fourth-order valence-electron chi connectivity index (χ4n) is 2.95. The summed E-state index contributed by atoms with van der Waals surface area (Å²) in [5.41, 5.74) is 3.28. The van der Waals surface area contributed by atoms with Crippen LogP contribution < -0.4 is 10.6 Å². The minimum absolute atomic E-state index is 0.0884. The Hall–Kier alpha value is -2.41. The second kappa shape index (κ2) is 8.73. The highest BCUT2D eigenvalue weighted by molar-refractivity contribution is 7.09. The number of thiazole rings is 1. The van der Waals surface area contributed by atoms with Crippen molar-refractivity contribution in [2.45, 2.75) is 39.0 Å². The molecular formula is C21H28FN5S. The van der Waals surface area contributed by atoms with E-state index >= 15 is 0 Å². The van der Waals surface area contributed by atoms with Gasteiger partial charge in [-0.15, -0.1) is 11.3 Å². The quantitative estimate of drug-likeness (QED) is 0.432. The highest BCUT2D eigenvalue weighted by Gasteiger charge is 2.17. The fraction of sp³-hybridized carbons (Fsp3) is 0.429. The number of fused-ring (bicyclic) bond motifs is 1. The summed E-state index contributed by atoms with van der Waals surface area (Å²) >= 11 is 1.71. The summed E-state index contributed by atoms with van der Waals surface area (Å²) in [4.78, 5) is 12.2. The highest BCUT2D eigenvalue weighted by Crippen LogP contribution is 2.24. The maximum atomic E-state index is 13.5. The van der Waals surface area contributed by atoms with E-state index in [1.54, 1.807) is 30.5 Å². The highest BCUT2D eigenvalue weighted by atomic mass is 32.1. The molecule has 0 amide bonds. The Labute approximate surface area is 169 Å². The Morgan fingerprint density at radius 2 is 1.96 bits per heavy atom. The van der Waals surface area contributed by atoms with Crippen LogP contribution in [-0.2, 0) is 18.3 Å². The zero-order valence-electron chi connectivity index (χ0n) is 16.9. The van der Waals surface area contributed by atoms with E-state index in [4.69, 9.17) is 4.98 Å². The van der Waals surface area contributed by atoms with E-state index in [9.17, 15) is 4.39 Å². The van der Waals surface area contributed by atoms with E-state index in [0.717, 1.165) is 52.5 Å². The number of aromatic amines is 1. The maximum Gasteiger partial charge on any atom is 0.191 e. The molecule has 0 radical (unpaired) electrons. The molecule has 2 heterocycles. The molecule has 0 atom stereocenters. The van der Waals surface area contributed by atoms with E-state index in [0.29, 0.717) is 6.54 Å². The number of nitrogens with one attached hydrogen (secondary N) is 3. The van der Waals surface area contributed by atoms with Gasteiger partial charge in [-0.25, -0.2) is 9.37 Å². The van der Waals surface area contributed by atoms with Crippen LogP contribution in [0, 0.1) is 5.82 Å². The lowest BCUT2D eigenvalue weighted by molar-refractivity contribution is 0.570. The lowest BCUT2D eigenvalue weighted by atomic mass is 9.93. The van der Waals surface area contributed by atoms with Crippen LogP contribution in [0.5, 0.6) is 0 Å². The van der Waals surface area contributed by atoms with Crippen molar-refractivity contribution in [3.05, 3.63) is 51.9 Å². The summed E-state index contributed by atoms with van der Waals surface area (Å²) < 4.78 is 13.5. The van der Waals surface area contributed by atoms with Crippen LogP contribution in [0.2, 0.25) is 0 Å². The molecule has 150 valence electrons. The molecule has 0 unspecified atom stereocenters. The summed E-state index contributed by atoms with van der Waals surface area (Å²) in [6, 6.07) is 4.82. The molecule has 7 heteroatoms. The average molecular weight is 402 g/mol. The number of hydrogen-bond acceptors (Lipinski definition) is 3. The predicted octanol–water partition coefficient (Wildman–Crippen LogP) is 4.01. The van der Waals surface area contributed by atoms with E-state index < -0.39 is 0 Å². The van der Waals surface area contributed by atoms with Gasteiger partial charge in [-0.2, -0.15) is 0 Å². The van der Waals surface area contributed by atoms with E-state index in [-0.39, 0.29) is 11.2 Å². The second-order valence-electron chi connectivity index (χ2n) is 7.81. The summed E-state index contributed by atoms with van der Waals surface area (Å²) in [5.74, 6) is 0.550. The first-order valence-corrected chi connectivity index (χ1v) is 10.4. The fourth-order valence-corrected chi connectivity index (χ4v) is 3.98. The standard InChI is InChI=1S/C21H28FN5S/c1-21(2,3)18-13-28-19(27-18)8-10-25-20(23-4)24-9-7-14-12-26-17-6-5-15(22)11-16(14)17/h5-6,11-13,26H,7-10H2,1-4H3,(H2,23,24,25). The third-order valence-corrected chi connectivity index (χ3v) is 5.50. The molecule has 0 bridgehead atoms. The molecule has 5 nitrogen and oxygen atoms in total. The zero-order valence-corrected chi connectivity index (χ0v) is 17.7. The molecule has 3 rings (SSSR count). The van der Waals surface area contributed by atoms with Gasteiger partial charge in [-0.3, -0.25) is 4.99 Å². The molecule has 3 N–H and O–H groups in total. The molecule has 0 saturated carbocycles. The van der Waals surface area contributed by atoms with Crippen molar-refractivity contribution in [2.24, 2.45) is 4.99 Å². The van der Waals surface area contributed by atoms with Gasteiger partial charge in [0, 0.05) is 54.5 Å². The number of H-pyrrole nitrogens is 1. The molecule has 0 aliphatic rings. The van der Waals surface area contributed by atoms with Gasteiger partial charge in [0.25, 0.3) is 0 Å². The summed E-state index contributed by atoms with van der Waals surface area (Å²) in [6.07, 6.45) is 3.59.